The number of hydrogen-bond acceptors (Lipinski definition) is 5. The Bertz CT molecular complexity index is 811. The third-order valence-corrected chi connectivity index (χ3v) is 4.71. The number of halogens is 1. The van der Waals surface area contributed by atoms with Crippen molar-refractivity contribution in [3.63, 3.8) is 0 Å². The van der Waals surface area contributed by atoms with Gasteiger partial charge in [0.2, 0.25) is 4.96 Å². The minimum Gasteiger partial charge on any atom is -0.267 e. The van der Waals surface area contributed by atoms with Crippen LogP contribution < -0.4 is 5.56 Å². The van der Waals surface area contributed by atoms with Crippen molar-refractivity contribution in [2.75, 3.05) is 0 Å². The number of thioether (sulfide) groups is 1. The first-order valence-corrected chi connectivity index (χ1v) is 7.67. The van der Waals surface area contributed by atoms with Crippen LogP contribution >= 0.6 is 23.1 Å². The largest absolute Gasteiger partial charge is 0.275 e. The van der Waals surface area contributed by atoms with Gasteiger partial charge in [0.15, 0.2) is 0 Å². The molecule has 1 aromatic carbocycles. The predicted octanol–water partition coefficient (Wildman–Crippen LogP) is 2.89. The summed E-state index contributed by atoms with van der Waals surface area (Å²) in [5, 5.41) is 5.07. The summed E-state index contributed by atoms with van der Waals surface area (Å²) >= 11 is 2.94. The Balaban J connectivity index is 1.83. The molecular formula is C13H10FN3OS2. The first kappa shape index (κ1) is 13.3. The van der Waals surface area contributed by atoms with Crippen molar-refractivity contribution < 1.29 is 4.39 Å². The number of nitrogens with zero attached hydrogens (tertiary/aromatic N) is 3. The number of hydrogen-bond donors (Lipinski definition) is 0. The van der Waals surface area contributed by atoms with Gasteiger partial charge in [-0.1, -0.05) is 11.3 Å². The Kier molecular flexibility index (Phi) is 3.54. The van der Waals surface area contributed by atoms with Gasteiger partial charge in [-0.05, 0) is 31.2 Å². The summed E-state index contributed by atoms with van der Waals surface area (Å²) in [6.45, 7) is 1.79. The molecule has 0 aliphatic heterocycles. The van der Waals surface area contributed by atoms with E-state index >= 15 is 0 Å². The molecule has 0 saturated heterocycles. The lowest BCUT2D eigenvalue weighted by Gasteiger charge is -1.97. The van der Waals surface area contributed by atoms with Gasteiger partial charge in [0, 0.05) is 16.7 Å². The smallest absolute Gasteiger partial charge is 0.267 e. The molecular weight excluding hydrogens is 297 g/mol. The van der Waals surface area contributed by atoms with E-state index in [2.05, 4.69) is 10.1 Å². The molecule has 0 bridgehead atoms. The second-order valence-corrected chi connectivity index (χ2v) is 6.26. The zero-order valence-electron chi connectivity index (χ0n) is 10.5. The van der Waals surface area contributed by atoms with Gasteiger partial charge in [0.25, 0.3) is 5.56 Å². The van der Waals surface area contributed by atoms with Gasteiger partial charge in [-0.15, -0.1) is 11.8 Å². The van der Waals surface area contributed by atoms with E-state index in [0.29, 0.717) is 16.4 Å². The van der Waals surface area contributed by atoms with Crippen LogP contribution in [0.15, 0.2) is 40.0 Å². The van der Waals surface area contributed by atoms with E-state index < -0.39 is 0 Å². The van der Waals surface area contributed by atoms with Crippen molar-refractivity contribution in [3.05, 3.63) is 57.2 Å². The lowest BCUT2D eigenvalue weighted by molar-refractivity contribution is 0.626. The topological polar surface area (TPSA) is 47.3 Å². The maximum Gasteiger partial charge on any atom is 0.275 e. The molecule has 0 fully saturated rings. The predicted molar refractivity (Wildman–Crippen MR) is 77.8 cm³/mol. The monoisotopic (exact) mass is 307 g/mol. The second kappa shape index (κ2) is 5.34. The zero-order valence-corrected chi connectivity index (χ0v) is 12.2. The summed E-state index contributed by atoms with van der Waals surface area (Å²) in [4.78, 5) is 17.6. The van der Waals surface area contributed by atoms with Crippen molar-refractivity contribution in [3.8, 4) is 0 Å². The minimum atomic E-state index is -0.249. The fourth-order valence-corrected chi connectivity index (χ4v) is 3.52. The Hall–Kier alpha value is -1.73. The third-order valence-electron chi connectivity index (χ3n) is 2.59. The summed E-state index contributed by atoms with van der Waals surface area (Å²) in [6, 6.07) is 7.76. The summed E-state index contributed by atoms with van der Waals surface area (Å²) in [7, 11) is 0. The van der Waals surface area contributed by atoms with Crippen molar-refractivity contribution in [1.82, 2.24) is 14.6 Å². The van der Waals surface area contributed by atoms with Crippen molar-refractivity contribution in [2.24, 2.45) is 0 Å². The normalized spacial score (nSPS) is 11.1. The van der Waals surface area contributed by atoms with Gasteiger partial charge < -0.3 is 0 Å². The van der Waals surface area contributed by atoms with Gasteiger partial charge in [0.1, 0.15) is 10.8 Å². The summed E-state index contributed by atoms with van der Waals surface area (Å²) in [6.07, 6.45) is 0. The first-order valence-electron chi connectivity index (χ1n) is 5.86. The van der Waals surface area contributed by atoms with E-state index in [1.54, 1.807) is 30.8 Å². The molecule has 0 aliphatic rings. The minimum absolute atomic E-state index is 0.165. The average Bonchev–Trinajstić information content (AvgIpc) is 2.81. The molecule has 0 aliphatic carbocycles. The summed E-state index contributed by atoms with van der Waals surface area (Å²) < 4.78 is 14.1. The highest BCUT2D eigenvalue weighted by atomic mass is 32.2. The molecule has 3 aromatic rings. The molecule has 0 amide bonds. The molecule has 0 spiro atoms. The van der Waals surface area contributed by atoms with E-state index in [-0.39, 0.29) is 11.4 Å². The molecule has 0 radical (unpaired) electrons. The highest BCUT2D eigenvalue weighted by Crippen LogP contribution is 2.24. The van der Waals surface area contributed by atoms with Gasteiger partial charge in [-0.25, -0.2) is 9.37 Å². The van der Waals surface area contributed by atoms with Crippen LogP contribution in [0, 0.1) is 12.7 Å². The highest BCUT2D eigenvalue weighted by Gasteiger charge is 2.08. The number of aryl methyl sites for hydroxylation is 1. The molecule has 0 saturated carbocycles. The number of rotatable bonds is 3. The van der Waals surface area contributed by atoms with Crippen LogP contribution in [0.4, 0.5) is 4.39 Å². The highest BCUT2D eigenvalue weighted by molar-refractivity contribution is 7.98. The maximum absolute atomic E-state index is 12.8. The molecule has 2 aromatic heterocycles. The lowest BCUT2D eigenvalue weighted by atomic mass is 10.4. The summed E-state index contributed by atoms with van der Waals surface area (Å²) in [5.74, 6) is 0.374. The van der Waals surface area contributed by atoms with E-state index in [1.165, 1.54) is 34.1 Å². The molecule has 3 rings (SSSR count). The fourth-order valence-electron chi connectivity index (χ4n) is 1.69. The standard InChI is InChI=1S/C13H10FN3OS2/c1-8-6-12(18)17-13(15-8)20-11(16-17)7-19-10-4-2-9(14)3-5-10/h2-6H,7H2,1H3. The molecule has 4 nitrogen and oxygen atoms in total. The van der Waals surface area contributed by atoms with Crippen LogP contribution in [0.5, 0.6) is 0 Å². The molecule has 7 heteroatoms. The van der Waals surface area contributed by atoms with Crippen molar-refractivity contribution in [2.45, 2.75) is 17.6 Å². The van der Waals surface area contributed by atoms with Crippen LogP contribution in [-0.4, -0.2) is 14.6 Å². The van der Waals surface area contributed by atoms with E-state index in [4.69, 9.17) is 0 Å². The zero-order chi connectivity index (χ0) is 14.1. The Morgan fingerprint density at radius 2 is 2.10 bits per heavy atom. The Morgan fingerprint density at radius 1 is 1.35 bits per heavy atom. The van der Waals surface area contributed by atoms with Gasteiger partial charge >= 0.3 is 0 Å². The van der Waals surface area contributed by atoms with Gasteiger partial charge in [-0.2, -0.15) is 9.61 Å². The summed E-state index contributed by atoms with van der Waals surface area (Å²) in [5.41, 5.74) is 0.526. The quantitative estimate of drug-likeness (QED) is 0.698. The van der Waals surface area contributed by atoms with Crippen LogP contribution in [0.25, 0.3) is 4.96 Å². The maximum atomic E-state index is 12.8. The van der Waals surface area contributed by atoms with Gasteiger partial charge in [-0.3, -0.25) is 4.79 Å². The second-order valence-electron chi connectivity index (χ2n) is 4.17. The van der Waals surface area contributed by atoms with E-state index in [0.717, 1.165) is 9.90 Å². The molecule has 0 unspecified atom stereocenters. The van der Waals surface area contributed by atoms with Crippen LogP contribution in [0.2, 0.25) is 0 Å². The van der Waals surface area contributed by atoms with Crippen LogP contribution in [0.3, 0.4) is 0 Å². The fraction of sp³-hybridized carbons (Fsp3) is 0.154. The van der Waals surface area contributed by atoms with Crippen LogP contribution in [-0.2, 0) is 5.75 Å². The molecule has 2 heterocycles. The molecule has 0 atom stereocenters. The lowest BCUT2D eigenvalue weighted by Crippen LogP contribution is -2.14. The van der Waals surface area contributed by atoms with Crippen LogP contribution in [0.1, 0.15) is 10.7 Å². The first-order chi connectivity index (χ1) is 9.61. The molecule has 0 N–H and O–H groups in total. The number of fused-ring (bicyclic) bond motifs is 1. The molecule has 20 heavy (non-hydrogen) atoms. The number of benzene rings is 1. The average molecular weight is 307 g/mol. The Morgan fingerprint density at radius 3 is 2.85 bits per heavy atom. The van der Waals surface area contributed by atoms with Gasteiger partial charge in [0.05, 0.1) is 5.75 Å². The van der Waals surface area contributed by atoms with E-state index in [1.807, 2.05) is 0 Å². The Labute approximate surface area is 122 Å². The van der Waals surface area contributed by atoms with Crippen molar-refractivity contribution >= 4 is 28.1 Å². The van der Waals surface area contributed by atoms with Crippen molar-refractivity contribution in [1.29, 1.82) is 0 Å². The van der Waals surface area contributed by atoms with E-state index in [9.17, 15) is 9.18 Å². The molecule has 102 valence electrons. The third kappa shape index (κ3) is 2.73. The number of aromatic nitrogens is 3. The SMILES string of the molecule is Cc1cc(=O)n2nc(CSc3ccc(F)cc3)sc2n1.